The molecule has 0 saturated carbocycles. The van der Waals surface area contributed by atoms with Gasteiger partial charge in [-0.2, -0.15) is 13.2 Å². The Labute approximate surface area is 230 Å². The number of nitrogens with zero attached hydrogens (tertiary/aromatic N) is 3. The first-order valence-corrected chi connectivity index (χ1v) is 14.8. The van der Waals surface area contributed by atoms with E-state index in [1.54, 1.807) is 7.05 Å². The average Bonchev–Trinajstić information content (AvgIpc) is 3.24. The molecule has 1 saturated heterocycles. The number of urea groups is 1. The molecule has 6 nitrogen and oxygen atoms in total. The van der Waals surface area contributed by atoms with Crippen molar-refractivity contribution in [3.63, 3.8) is 0 Å². The van der Waals surface area contributed by atoms with Gasteiger partial charge in [0.15, 0.2) is 0 Å². The molecule has 3 rings (SSSR count). The van der Waals surface area contributed by atoms with Gasteiger partial charge in [-0.05, 0) is 74.8 Å². The third-order valence-electron chi connectivity index (χ3n) is 7.81. The highest BCUT2D eigenvalue weighted by Gasteiger charge is 2.38. The lowest BCUT2D eigenvalue weighted by Crippen LogP contribution is -2.52. The van der Waals surface area contributed by atoms with Crippen LogP contribution in [0.3, 0.4) is 0 Å². The van der Waals surface area contributed by atoms with Gasteiger partial charge in [-0.3, -0.25) is 14.2 Å². The van der Waals surface area contributed by atoms with E-state index in [-0.39, 0.29) is 12.0 Å². The summed E-state index contributed by atoms with van der Waals surface area (Å²) in [5.74, 6) is 2.13. The molecule has 1 spiro atoms. The van der Waals surface area contributed by atoms with Gasteiger partial charge in [0, 0.05) is 44.4 Å². The Morgan fingerprint density at radius 3 is 2.29 bits per heavy atom. The second kappa shape index (κ2) is 13.9. The van der Waals surface area contributed by atoms with Crippen molar-refractivity contribution < 1.29 is 18.0 Å². The quantitative estimate of drug-likeness (QED) is 0.214. The van der Waals surface area contributed by atoms with E-state index in [0.717, 1.165) is 88.3 Å². The van der Waals surface area contributed by atoms with Crippen LogP contribution >= 0.6 is 11.9 Å². The standard InChI is InChI=1S/C28H44F3N5OS/c1-21-18-23(35(3)26(32)37)19-22(2)24(21)11-17-38-36-15-13-27(14-16-36)20-33-25(34-27)10-8-6-4-5-7-9-12-28(29,30)31/h18-19H,4-17,20H2,1-3H3,(H2,32,37)(H,33,34). The third-order valence-corrected chi connectivity index (χ3v) is 8.93. The van der Waals surface area contributed by atoms with Crippen molar-refractivity contribution in [1.29, 1.82) is 0 Å². The summed E-state index contributed by atoms with van der Waals surface area (Å²) in [6.07, 6.45) is 4.29. The lowest BCUT2D eigenvalue weighted by Gasteiger charge is -2.38. The largest absolute Gasteiger partial charge is 0.389 e. The van der Waals surface area contributed by atoms with Crippen LogP contribution in [0.2, 0.25) is 0 Å². The second-order valence-corrected chi connectivity index (χ2v) is 12.1. The van der Waals surface area contributed by atoms with Crippen LogP contribution in [0.4, 0.5) is 23.7 Å². The number of hydrogen-bond acceptors (Lipinski definition) is 5. The molecule has 0 aliphatic carbocycles. The number of aliphatic imine (C=N–C) groups is 1. The molecule has 214 valence electrons. The van der Waals surface area contributed by atoms with Crippen molar-refractivity contribution >= 4 is 29.5 Å². The summed E-state index contributed by atoms with van der Waals surface area (Å²) in [4.78, 5) is 17.7. The molecule has 0 bridgehead atoms. The van der Waals surface area contributed by atoms with Gasteiger partial charge in [-0.1, -0.05) is 37.6 Å². The molecule has 2 amide bonds. The minimum atomic E-state index is -4.02. The predicted octanol–water partition coefficient (Wildman–Crippen LogP) is 6.53. The number of benzene rings is 1. The van der Waals surface area contributed by atoms with Crippen molar-refractivity contribution in [2.75, 3.05) is 37.3 Å². The van der Waals surface area contributed by atoms with E-state index in [0.29, 0.717) is 6.42 Å². The fraction of sp³-hybridized carbons (Fsp3) is 0.714. The zero-order chi connectivity index (χ0) is 27.8. The van der Waals surface area contributed by atoms with Crippen LogP contribution in [0.1, 0.15) is 80.9 Å². The molecular weight excluding hydrogens is 511 g/mol. The van der Waals surface area contributed by atoms with Gasteiger partial charge >= 0.3 is 12.2 Å². The first-order chi connectivity index (χ1) is 18.0. The van der Waals surface area contributed by atoms with Gasteiger partial charge in [-0.25, -0.2) is 4.79 Å². The molecule has 3 N–H and O–H groups in total. The number of rotatable bonds is 13. The molecule has 1 aromatic rings. The Hall–Kier alpha value is -1.94. The summed E-state index contributed by atoms with van der Waals surface area (Å²) >= 11 is 1.92. The van der Waals surface area contributed by atoms with Crippen molar-refractivity contribution in [2.24, 2.45) is 10.7 Å². The summed E-state index contributed by atoms with van der Waals surface area (Å²) in [5, 5.41) is 3.73. The molecule has 0 unspecified atom stereocenters. The first kappa shape index (κ1) is 30.6. The molecule has 0 radical (unpaired) electrons. The highest BCUT2D eigenvalue weighted by atomic mass is 32.2. The summed E-state index contributed by atoms with van der Waals surface area (Å²) in [6, 6.07) is 3.61. The first-order valence-electron chi connectivity index (χ1n) is 13.9. The number of amides is 2. The third kappa shape index (κ3) is 9.36. The Morgan fingerprint density at radius 2 is 1.68 bits per heavy atom. The Kier molecular flexibility index (Phi) is 11.2. The predicted molar refractivity (Wildman–Crippen MR) is 152 cm³/mol. The molecule has 2 aliphatic heterocycles. The number of amidine groups is 1. The van der Waals surface area contributed by atoms with Crippen LogP contribution in [0.5, 0.6) is 0 Å². The van der Waals surface area contributed by atoms with Crippen molar-refractivity contribution in [3.05, 3.63) is 28.8 Å². The van der Waals surface area contributed by atoms with Gasteiger partial charge in [0.25, 0.3) is 0 Å². The van der Waals surface area contributed by atoms with E-state index in [9.17, 15) is 18.0 Å². The van der Waals surface area contributed by atoms with Gasteiger partial charge in [0.1, 0.15) is 0 Å². The Morgan fingerprint density at radius 1 is 1.08 bits per heavy atom. The monoisotopic (exact) mass is 555 g/mol. The highest BCUT2D eigenvalue weighted by molar-refractivity contribution is 7.97. The number of nitrogens with one attached hydrogen (secondary N) is 1. The number of aryl methyl sites for hydroxylation is 2. The Balaban J connectivity index is 1.30. The van der Waals surface area contributed by atoms with E-state index in [1.165, 1.54) is 21.6 Å². The molecule has 0 atom stereocenters. The Bertz CT molecular complexity index is 937. The van der Waals surface area contributed by atoms with E-state index in [1.807, 2.05) is 24.1 Å². The van der Waals surface area contributed by atoms with Gasteiger partial charge < -0.3 is 11.1 Å². The molecule has 2 aliphatic rings. The number of nitrogens with two attached hydrogens (primary N) is 1. The average molecular weight is 556 g/mol. The fourth-order valence-electron chi connectivity index (χ4n) is 5.39. The molecule has 0 aromatic heterocycles. The lowest BCUT2D eigenvalue weighted by molar-refractivity contribution is -0.135. The topological polar surface area (TPSA) is 74.0 Å². The molecule has 1 aromatic carbocycles. The van der Waals surface area contributed by atoms with Crippen LogP contribution in [0.25, 0.3) is 0 Å². The maximum absolute atomic E-state index is 12.2. The zero-order valence-electron chi connectivity index (χ0n) is 23.1. The lowest BCUT2D eigenvalue weighted by atomic mass is 9.89. The number of piperidine rings is 1. The van der Waals surface area contributed by atoms with E-state index in [2.05, 4.69) is 23.5 Å². The number of halogens is 3. The number of anilines is 1. The number of primary amides is 1. The zero-order valence-corrected chi connectivity index (χ0v) is 23.9. The van der Waals surface area contributed by atoms with Crippen LogP contribution in [-0.2, 0) is 6.42 Å². The number of hydrogen-bond donors (Lipinski definition) is 2. The van der Waals surface area contributed by atoms with E-state index >= 15 is 0 Å². The van der Waals surface area contributed by atoms with Crippen LogP contribution in [0, 0.1) is 13.8 Å². The molecule has 1 fully saturated rings. The van der Waals surface area contributed by atoms with Crippen molar-refractivity contribution in [3.8, 4) is 0 Å². The van der Waals surface area contributed by atoms with Crippen LogP contribution < -0.4 is 16.0 Å². The SMILES string of the molecule is Cc1cc(N(C)C(N)=O)cc(C)c1CCSN1CCC2(CC1)CN=C(CCCCCCCCC(F)(F)F)N2. The number of carbonyl (C=O) groups excluding carboxylic acids is 1. The maximum atomic E-state index is 12.2. The molecule has 38 heavy (non-hydrogen) atoms. The van der Waals surface area contributed by atoms with Gasteiger partial charge in [0.2, 0.25) is 0 Å². The van der Waals surface area contributed by atoms with Crippen molar-refractivity contribution in [2.45, 2.75) is 96.2 Å². The number of carbonyl (C=O) groups is 1. The number of alkyl halides is 3. The fourth-order valence-corrected chi connectivity index (χ4v) is 6.38. The second-order valence-electron chi connectivity index (χ2n) is 10.9. The van der Waals surface area contributed by atoms with Crippen LogP contribution in [-0.4, -0.2) is 60.3 Å². The summed E-state index contributed by atoms with van der Waals surface area (Å²) in [7, 11) is 1.69. The van der Waals surface area contributed by atoms with Gasteiger partial charge in [-0.15, -0.1) is 0 Å². The van der Waals surface area contributed by atoms with Gasteiger partial charge in [0.05, 0.1) is 17.9 Å². The minimum absolute atomic E-state index is 0.0967. The van der Waals surface area contributed by atoms with E-state index < -0.39 is 18.6 Å². The number of unbranched alkanes of at least 4 members (excludes halogenated alkanes) is 5. The highest BCUT2D eigenvalue weighted by Crippen LogP contribution is 2.31. The normalized spacial score (nSPS) is 17.5. The molecule has 10 heteroatoms. The van der Waals surface area contributed by atoms with E-state index in [4.69, 9.17) is 10.7 Å². The van der Waals surface area contributed by atoms with Crippen LogP contribution in [0.15, 0.2) is 17.1 Å². The molecular formula is C28H44F3N5OS. The van der Waals surface area contributed by atoms with Crippen molar-refractivity contribution in [1.82, 2.24) is 9.62 Å². The maximum Gasteiger partial charge on any atom is 0.389 e. The summed E-state index contributed by atoms with van der Waals surface area (Å²) < 4.78 is 39.0. The summed E-state index contributed by atoms with van der Waals surface area (Å²) in [5.41, 5.74) is 10.1. The smallest absolute Gasteiger partial charge is 0.366 e. The molecule has 2 heterocycles. The summed E-state index contributed by atoms with van der Waals surface area (Å²) in [6.45, 7) is 7.12. The minimum Gasteiger partial charge on any atom is -0.366 e.